The van der Waals surface area contributed by atoms with E-state index >= 15 is 0 Å². The highest BCUT2D eigenvalue weighted by Gasteiger charge is 2.43. The number of halogens is 1. The molecule has 2 aromatic heterocycles. The van der Waals surface area contributed by atoms with Crippen LogP contribution in [0.5, 0.6) is 0 Å². The highest BCUT2D eigenvalue weighted by Crippen LogP contribution is 2.44. The highest BCUT2D eigenvalue weighted by atomic mass is 35.5. The number of rotatable bonds is 7. The number of anilines is 2. The second kappa shape index (κ2) is 9.64. The fraction of sp³-hybridized carbons (Fsp3) is 0.0714. The predicted octanol–water partition coefficient (Wildman–Crippen LogP) is 6.73. The number of aromatic nitrogens is 3. The number of nitrogens with zero attached hydrogens (tertiary/aromatic N) is 4. The third-order valence-electron chi connectivity index (χ3n) is 6.15. The molecular weight excluding hydrogens is 474 g/mol. The maximum absolute atomic E-state index is 12.3. The van der Waals surface area contributed by atoms with Gasteiger partial charge in [-0.05, 0) is 35.7 Å². The Morgan fingerprint density at radius 2 is 1.36 bits per heavy atom. The van der Waals surface area contributed by atoms with E-state index in [4.69, 9.17) is 16.7 Å². The molecule has 0 aliphatic carbocycles. The van der Waals surface area contributed by atoms with Crippen LogP contribution in [0.25, 0.3) is 0 Å². The minimum atomic E-state index is -0.978. The van der Waals surface area contributed by atoms with Crippen LogP contribution in [0.15, 0.2) is 109 Å². The molecule has 0 aliphatic heterocycles. The van der Waals surface area contributed by atoms with Gasteiger partial charge in [0.15, 0.2) is 0 Å². The maximum atomic E-state index is 12.3. The van der Waals surface area contributed by atoms with Gasteiger partial charge in [0.2, 0.25) is 5.82 Å². The van der Waals surface area contributed by atoms with Gasteiger partial charge in [0, 0.05) is 11.9 Å². The number of benzene rings is 3. The first-order chi connectivity index (χ1) is 17.5. The van der Waals surface area contributed by atoms with E-state index in [0.29, 0.717) is 11.4 Å². The molecule has 36 heavy (non-hydrogen) atoms. The fourth-order valence-electron chi connectivity index (χ4n) is 4.65. The molecule has 0 amide bonds. The summed E-state index contributed by atoms with van der Waals surface area (Å²) in [5.74, 6) is 0.118. The van der Waals surface area contributed by atoms with E-state index in [-0.39, 0.29) is 16.7 Å². The molecule has 5 aromatic rings. The standard InChI is InChI=1S/C28H22ClN5O2/c1-20-26(34(35)36)27(31-24-17-18-30-25(29)19-24)32-33(20)28(21-11-5-2-6-12-21,22-13-7-3-8-14-22)23-15-9-4-10-16-23/h2-19H,1H3,(H,30,31,32). The molecule has 0 saturated heterocycles. The Bertz CT molecular complexity index is 1410. The molecule has 8 heteroatoms. The summed E-state index contributed by atoms with van der Waals surface area (Å²) in [7, 11) is 0. The zero-order valence-corrected chi connectivity index (χ0v) is 20.1. The Hall–Kier alpha value is -4.49. The zero-order valence-electron chi connectivity index (χ0n) is 19.4. The van der Waals surface area contributed by atoms with E-state index in [1.54, 1.807) is 23.7 Å². The second-order valence-corrected chi connectivity index (χ2v) is 8.64. The van der Waals surface area contributed by atoms with Gasteiger partial charge < -0.3 is 5.32 Å². The first-order valence-electron chi connectivity index (χ1n) is 11.3. The zero-order chi connectivity index (χ0) is 25.1. The lowest BCUT2D eigenvalue weighted by molar-refractivity contribution is -0.384. The number of nitrogens with one attached hydrogen (secondary N) is 1. The van der Waals surface area contributed by atoms with Crippen molar-refractivity contribution in [2.45, 2.75) is 12.5 Å². The number of pyridine rings is 1. The van der Waals surface area contributed by atoms with Crippen molar-refractivity contribution in [3.8, 4) is 0 Å². The van der Waals surface area contributed by atoms with Gasteiger partial charge in [0.25, 0.3) is 0 Å². The summed E-state index contributed by atoms with van der Waals surface area (Å²) in [6, 6.07) is 33.0. The Morgan fingerprint density at radius 3 is 1.81 bits per heavy atom. The van der Waals surface area contributed by atoms with Crippen LogP contribution < -0.4 is 5.32 Å². The van der Waals surface area contributed by atoms with Crippen LogP contribution in [0.1, 0.15) is 22.4 Å². The van der Waals surface area contributed by atoms with Gasteiger partial charge in [-0.15, -0.1) is 5.10 Å². The normalized spacial score (nSPS) is 11.3. The summed E-state index contributed by atoms with van der Waals surface area (Å²) in [6.07, 6.45) is 1.53. The van der Waals surface area contributed by atoms with Crippen molar-refractivity contribution >= 4 is 28.8 Å². The van der Waals surface area contributed by atoms with Crippen molar-refractivity contribution in [3.63, 3.8) is 0 Å². The molecular formula is C28H22ClN5O2. The maximum Gasteiger partial charge on any atom is 0.334 e. The fourth-order valence-corrected chi connectivity index (χ4v) is 4.82. The van der Waals surface area contributed by atoms with E-state index < -0.39 is 10.5 Å². The van der Waals surface area contributed by atoms with E-state index in [1.807, 2.05) is 91.0 Å². The molecule has 0 radical (unpaired) electrons. The summed E-state index contributed by atoms with van der Waals surface area (Å²) in [4.78, 5) is 15.9. The SMILES string of the molecule is Cc1c([N+](=O)[O-])c(Nc2ccnc(Cl)c2)nn1C(c1ccccc1)(c1ccccc1)c1ccccc1. The van der Waals surface area contributed by atoms with Gasteiger partial charge in [-0.1, -0.05) is 103 Å². The van der Waals surface area contributed by atoms with E-state index in [9.17, 15) is 10.1 Å². The molecule has 2 heterocycles. The molecule has 7 nitrogen and oxygen atoms in total. The summed E-state index contributed by atoms with van der Waals surface area (Å²) in [6.45, 7) is 1.72. The van der Waals surface area contributed by atoms with Crippen molar-refractivity contribution in [2.75, 3.05) is 5.32 Å². The Balaban J connectivity index is 1.85. The monoisotopic (exact) mass is 495 g/mol. The second-order valence-electron chi connectivity index (χ2n) is 8.25. The molecule has 5 rings (SSSR count). The quantitative estimate of drug-likeness (QED) is 0.117. The van der Waals surface area contributed by atoms with E-state index in [2.05, 4.69) is 10.3 Å². The Labute approximate surface area is 213 Å². The summed E-state index contributed by atoms with van der Waals surface area (Å²) in [5.41, 5.74) is 2.61. The first-order valence-corrected chi connectivity index (χ1v) is 11.7. The third-order valence-corrected chi connectivity index (χ3v) is 6.36. The van der Waals surface area contributed by atoms with Crippen LogP contribution in [0, 0.1) is 17.0 Å². The molecule has 3 aromatic carbocycles. The van der Waals surface area contributed by atoms with Crippen molar-refractivity contribution in [2.24, 2.45) is 0 Å². The van der Waals surface area contributed by atoms with Crippen molar-refractivity contribution in [1.82, 2.24) is 14.8 Å². The van der Waals surface area contributed by atoms with Crippen LogP contribution in [0.4, 0.5) is 17.2 Å². The largest absolute Gasteiger partial charge is 0.334 e. The molecule has 0 fully saturated rings. The minimum absolute atomic E-state index is 0.116. The summed E-state index contributed by atoms with van der Waals surface area (Å²) in [5, 5.41) is 20.5. The van der Waals surface area contributed by atoms with Crippen LogP contribution in [0.3, 0.4) is 0 Å². The lowest BCUT2D eigenvalue weighted by Gasteiger charge is -2.37. The molecule has 0 unspecified atom stereocenters. The molecule has 0 spiro atoms. The van der Waals surface area contributed by atoms with Gasteiger partial charge in [0.1, 0.15) is 16.4 Å². The van der Waals surface area contributed by atoms with E-state index in [1.165, 1.54) is 6.20 Å². The first kappa shape index (κ1) is 23.3. The number of hydrogen-bond donors (Lipinski definition) is 1. The Morgan fingerprint density at radius 1 is 0.861 bits per heavy atom. The smallest absolute Gasteiger partial charge is 0.333 e. The summed E-state index contributed by atoms with van der Waals surface area (Å²) >= 11 is 6.05. The molecule has 0 atom stereocenters. The lowest BCUT2D eigenvalue weighted by Crippen LogP contribution is -2.39. The summed E-state index contributed by atoms with van der Waals surface area (Å²) < 4.78 is 1.75. The average molecular weight is 496 g/mol. The van der Waals surface area contributed by atoms with Crippen LogP contribution >= 0.6 is 11.6 Å². The van der Waals surface area contributed by atoms with Crippen molar-refractivity contribution in [1.29, 1.82) is 0 Å². The topological polar surface area (TPSA) is 85.9 Å². The third kappa shape index (κ3) is 3.99. The van der Waals surface area contributed by atoms with Crippen molar-refractivity contribution in [3.05, 3.63) is 147 Å². The van der Waals surface area contributed by atoms with Crippen LogP contribution in [-0.2, 0) is 5.54 Å². The average Bonchev–Trinajstić information content (AvgIpc) is 3.22. The van der Waals surface area contributed by atoms with Crippen molar-refractivity contribution < 1.29 is 4.92 Å². The lowest BCUT2D eigenvalue weighted by atomic mass is 9.77. The van der Waals surface area contributed by atoms with Gasteiger partial charge in [-0.3, -0.25) is 10.1 Å². The van der Waals surface area contributed by atoms with Gasteiger partial charge >= 0.3 is 5.69 Å². The molecule has 0 bridgehead atoms. The predicted molar refractivity (Wildman–Crippen MR) is 141 cm³/mol. The molecule has 0 aliphatic rings. The Kier molecular flexibility index (Phi) is 6.23. The number of hydrogen-bond acceptors (Lipinski definition) is 5. The van der Waals surface area contributed by atoms with Gasteiger partial charge in [0.05, 0.1) is 4.92 Å². The minimum Gasteiger partial charge on any atom is -0.333 e. The molecule has 0 saturated carbocycles. The molecule has 178 valence electrons. The van der Waals surface area contributed by atoms with Crippen LogP contribution in [0.2, 0.25) is 5.15 Å². The number of nitro groups is 1. The van der Waals surface area contributed by atoms with Gasteiger partial charge in [-0.25, -0.2) is 9.67 Å². The van der Waals surface area contributed by atoms with E-state index in [0.717, 1.165) is 16.7 Å². The van der Waals surface area contributed by atoms with Gasteiger partial charge in [-0.2, -0.15) is 0 Å². The van der Waals surface area contributed by atoms with Crippen LogP contribution in [-0.4, -0.2) is 19.7 Å². The highest BCUT2D eigenvalue weighted by molar-refractivity contribution is 6.29. The molecule has 1 N–H and O–H groups in total.